The Kier molecular flexibility index (Phi) is 3.08. The molecular formula is C21H24N2O. The van der Waals surface area contributed by atoms with E-state index in [1.54, 1.807) is 0 Å². The van der Waals surface area contributed by atoms with Crippen molar-refractivity contribution in [2.24, 2.45) is 5.16 Å². The van der Waals surface area contributed by atoms with Crippen LogP contribution in [0.2, 0.25) is 0 Å². The van der Waals surface area contributed by atoms with Crippen LogP contribution in [-0.2, 0) is 10.3 Å². The average molecular weight is 320 g/mol. The minimum Gasteiger partial charge on any atom is -0.366 e. The molecule has 0 N–H and O–H groups in total. The molecule has 24 heavy (non-hydrogen) atoms. The maximum absolute atomic E-state index is 6.17. The van der Waals surface area contributed by atoms with E-state index in [9.17, 15) is 0 Å². The maximum Gasteiger partial charge on any atom is 0.224 e. The smallest absolute Gasteiger partial charge is 0.224 e. The number of para-hydroxylation sites is 1. The molecule has 2 aliphatic heterocycles. The third kappa shape index (κ3) is 1.87. The van der Waals surface area contributed by atoms with E-state index in [0.717, 1.165) is 12.1 Å². The molecule has 0 radical (unpaired) electrons. The second kappa shape index (κ2) is 4.85. The van der Waals surface area contributed by atoms with Gasteiger partial charge in [-0.2, -0.15) is 0 Å². The van der Waals surface area contributed by atoms with Crippen molar-refractivity contribution < 1.29 is 4.84 Å². The maximum atomic E-state index is 6.17. The van der Waals surface area contributed by atoms with Gasteiger partial charge in [-0.1, -0.05) is 52.7 Å². The van der Waals surface area contributed by atoms with Crippen LogP contribution < -0.4 is 4.90 Å². The lowest BCUT2D eigenvalue weighted by atomic mass is 9.75. The summed E-state index contributed by atoms with van der Waals surface area (Å²) in [6.45, 7) is 8.78. The van der Waals surface area contributed by atoms with Gasteiger partial charge in [0.05, 0.1) is 17.5 Å². The second-order valence-corrected chi connectivity index (χ2v) is 7.67. The quantitative estimate of drug-likeness (QED) is 0.770. The normalized spacial score (nSPS) is 24.0. The Morgan fingerprint density at radius 2 is 1.71 bits per heavy atom. The molecule has 0 aliphatic carbocycles. The number of likely N-dealkylation sites (N-methyl/N-ethyl adjacent to an activating group) is 1. The van der Waals surface area contributed by atoms with Gasteiger partial charge in [-0.05, 0) is 39.3 Å². The molecule has 124 valence electrons. The van der Waals surface area contributed by atoms with Gasteiger partial charge in [-0.25, -0.2) is 0 Å². The van der Waals surface area contributed by atoms with E-state index < -0.39 is 5.72 Å². The highest BCUT2D eigenvalue weighted by molar-refractivity contribution is 6.02. The largest absolute Gasteiger partial charge is 0.366 e. The molecule has 2 aliphatic rings. The van der Waals surface area contributed by atoms with Crippen molar-refractivity contribution in [2.45, 2.75) is 45.3 Å². The van der Waals surface area contributed by atoms with E-state index in [2.05, 4.69) is 87.3 Å². The summed E-state index contributed by atoms with van der Waals surface area (Å²) < 4.78 is 0. The van der Waals surface area contributed by atoms with Gasteiger partial charge in [0.2, 0.25) is 5.72 Å². The Morgan fingerprint density at radius 1 is 1.04 bits per heavy atom. The molecule has 0 unspecified atom stereocenters. The monoisotopic (exact) mass is 320 g/mol. The Morgan fingerprint density at radius 3 is 2.38 bits per heavy atom. The van der Waals surface area contributed by atoms with Gasteiger partial charge in [-0.3, -0.25) is 0 Å². The highest BCUT2D eigenvalue weighted by Crippen LogP contribution is 2.55. The fourth-order valence-corrected chi connectivity index (χ4v) is 4.35. The van der Waals surface area contributed by atoms with Crippen LogP contribution in [0.1, 0.15) is 42.5 Å². The molecule has 4 rings (SSSR count). The van der Waals surface area contributed by atoms with Crippen LogP contribution in [0, 0.1) is 13.8 Å². The lowest BCUT2D eigenvalue weighted by Crippen LogP contribution is -2.54. The summed E-state index contributed by atoms with van der Waals surface area (Å²) in [5.41, 5.74) is 6.70. The summed E-state index contributed by atoms with van der Waals surface area (Å²) in [5.74, 6) is 0. The van der Waals surface area contributed by atoms with Crippen LogP contribution in [0.3, 0.4) is 0 Å². The topological polar surface area (TPSA) is 24.8 Å². The second-order valence-electron chi connectivity index (χ2n) is 7.67. The van der Waals surface area contributed by atoms with Crippen molar-refractivity contribution in [1.29, 1.82) is 0 Å². The van der Waals surface area contributed by atoms with E-state index in [4.69, 9.17) is 4.84 Å². The fraction of sp³-hybridized carbons (Fsp3) is 0.381. The zero-order valence-electron chi connectivity index (χ0n) is 15.1. The fourth-order valence-electron chi connectivity index (χ4n) is 4.35. The van der Waals surface area contributed by atoms with Gasteiger partial charge >= 0.3 is 0 Å². The summed E-state index contributed by atoms with van der Waals surface area (Å²) in [6.07, 6.45) is 0.786. The Bertz CT molecular complexity index is 832. The van der Waals surface area contributed by atoms with E-state index in [1.165, 1.54) is 27.9 Å². The Labute approximate surface area is 143 Å². The van der Waals surface area contributed by atoms with Crippen molar-refractivity contribution in [2.75, 3.05) is 11.9 Å². The van der Waals surface area contributed by atoms with Gasteiger partial charge in [0.1, 0.15) is 0 Å². The van der Waals surface area contributed by atoms with Crippen molar-refractivity contribution in [3.63, 3.8) is 0 Å². The number of benzene rings is 2. The predicted molar refractivity (Wildman–Crippen MR) is 98.8 cm³/mol. The molecule has 2 aromatic rings. The van der Waals surface area contributed by atoms with Gasteiger partial charge in [0.25, 0.3) is 0 Å². The Hall–Kier alpha value is -2.29. The lowest BCUT2D eigenvalue weighted by Gasteiger charge is -2.40. The lowest BCUT2D eigenvalue weighted by molar-refractivity contribution is -0.0591. The van der Waals surface area contributed by atoms with Crippen molar-refractivity contribution in [3.8, 4) is 0 Å². The van der Waals surface area contributed by atoms with Gasteiger partial charge in [0.15, 0.2) is 0 Å². The van der Waals surface area contributed by atoms with Crippen molar-refractivity contribution in [3.05, 3.63) is 64.7 Å². The minimum atomic E-state index is -0.455. The molecule has 0 saturated carbocycles. The number of fused-ring (bicyclic) bond motifs is 1. The van der Waals surface area contributed by atoms with Crippen LogP contribution >= 0.6 is 0 Å². The molecule has 3 nitrogen and oxygen atoms in total. The summed E-state index contributed by atoms with van der Waals surface area (Å²) in [6, 6.07) is 15.2. The first-order valence-electron chi connectivity index (χ1n) is 8.52. The standard InChI is InChI=1S/C21H24N2O/c1-14-10-15(2)12-16(11-14)18-13-21(24-22-18)20(3,4)17-8-6-7-9-19(17)23(21)5/h6-12H,13H2,1-5H3/t21-/m1/s1. The number of hydrogen-bond donors (Lipinski definition) is 0. The SMILES string of the molecule is Cc1cc(C)cc(C2=NO[C@@]3(C2)N(C)c2ccccc2C3(C)C)c1. The zero-order chi connectivity index (χ0) is 17.1. The van der Waals surface area contributed by atoms with Crippen molar-refractivity contribution >= 4 is 11.4 Å². The predicted octanol–water partition coefficient (Wildman–Crippen LogP) is 4.55. The zero-order valence-corrected chi connectivity index (χ0v) is 15.1. The molecule has 0 amide bonds. The molecular weight excluding hydrogens is 296 g/mol. The van der Waals surface area contributed by atoms with Crippen LogP contribution in [0.15, 0.2) is 47.6 Å². The van der Waals surface area contributed by atoms with Gasteiger partial charge in [-0.15, -0.1) is 0 Å². The number of aryl methyl sites for hydroxylation is 2. The van der Waals surface area contributed by atoms with Crippen LogP contribution in [0.25, 0.3) is 0 Å². The average Bonchev–Trinajstić information content (AvgIpc) is 3.05. The number of oxime groups is 1. The summed E-state index contributed by atoms with van der Waals surface area (Å²) in [4.78, 5) is 8.44. The molecule has 0 saturated heterocycles. The molecule has 3 heteroatoms. The molecule has 0 aromatic heterocycles. The van der Waals surface area contributed by atoms with Crippen LogP contribution in [0.5, 0.6) is 0 Å². The molecule has 0 fully saturated rings. The van der Waals surface area contributed by atoms with E-state index in [1.807, 2.05) is 0 Å². The van der Waals surface area contributed by atoms with Gasteiger partial charge < -0.3 is 9.74 Å². The Balaban J connectivity index is 1.75. The number of nitrogens with zero attached hydrogens (tertiary/aromatic N) is 2. The summed E-state index contributed by atoms with van der Waals surface area (Å²) in [5, 5.41) is 4.53. The number of anilines is 1. The number of hydrogen-bond acceptors (Lipinski definition) is 3. The molecule has 1 spiro atoms. The molecule has 2 heterocycles. The van der Waals surface area contributed by atoms with E-state index in [-0.39, 0.29) is 5.41 Å². The molecule has 0 bridgehead atoms. The first-order valence-corrected chi connectivity index (χ1v) is 8.52. The van der Waals surface area contributed by atoms with Gasteiger partial charge in [0, 0.05) is 18.3 Å². The first kappa shape index (κ1) is 15.3. The van der Waals surface area contributed by atoms with Crippen LogP contribution in [-0.4, -0.2) is 18.5 Å². The minimum absolute atomic E-state index is 0.136. The third-order valence-corrected chi connectivity index (χ3v) is 5.73. The van der Waals surface area contributed by atoms with E-state index in [0.29, 0.717) is 0 Å². The van der Waals surface area contributed by atoms with E-state index >= 15 is 0 Å². The third-order valence-electron chi connectivity index (χ3n) is 5.73. The summed E-state index contributed by atoms with van der Waals surface area (Å²) >= 11 is 0. The molecule has 2 aromatic carbocycles. The first-order chi connectivity index (χ1) is 11.3. The van der Waals surface area contributed by atoms with Crippen LogP contribution in [0.4, 0.5) is 5.69 Å². The molecule has 1 atom stereocenters. The summed E-state index contributed by atoms with van der Waals surface area (Å²) in [7, 11) is 2.12. The number of rotatable bonds is 1. The highest BCUT2D eigenvalue weighted by atomic mass is 16.7. The van der Waals surface area contributed by atoms with Crippen molar-refractivity contribution in [1.82, 2.24) is 0 Å². The highest BCUT2D eigenvalue weighted by Gasteiger charge is 2.61.